The van der Waals surface area contributed by atoms with E-state index in [-0.39, 0.29) is 18.1 Å². The van der Waals surface area contributed by atoms with Crippen molar-refractivity contribution >= 4 is 22.9 Å². The van der Waals surface area contributed by atoms with Gasteiger partial charge in [-0.2, -0.15) is 0 Å². The number of hydrogen-bond donors (Lipinski definition) is 2. The molecule has 0 saturated heterocycles. The summed E-state index contributed by atoms with van der Waals surface area (Å²) in [5.41, 5.74) is 6.99. The van der Waals surface area contributed by atoms with Gasteiger partial charge in [-0.15, -0.1) is 11.3 Å². The molecule has 0 saturated carbocycles. The minimum absolute atomic E-state index is 0.0414. The number of rotatable bonds is 5. The molecule has 1 aromatic carbocycles. The highest BCUT2D eigenvalue weighted by molar-refractivity contribution is 7.09. The number of aromatic hydroxyl groups is 1. The zero-order valence-electron chi connectivity index (χ0n) is 11.2. The van der Waals surface area contributed by atoms with Crippen molar-refractivity contribution in [3.05, 3.63) is 40.3 Å². The molecule has 6 heteroatoms. The second kappa shape index (κ2) is 6.49. The fraction of sp³-hybridized carbons (Fsp3) is 0.286. The zero-order chi connectivity index (χ0) is 14.5. The molecule has 0 atom stereocenters. The first-order chi connectivity index (χ1) is 9.60. The summed E-state index contributed by atoms with van der Waals surface area (Å²) >= 11 is 1.53. The van der Waals surface area contributed by atoms with Crippen LogP contribution in [0.15, 0.2) is 29.6 Å². The highest BCUT2D eigenvalue weighted by Gasteiger charge is 2.13. The maximum Gasteiger partial charge on any atom is 0.232 e. The van der Waals surface area contributed by atoms with Gasteiger partial charge in [0.15, 0.2) is 0 Å². The fourth-order valence-electron chi connectivity index (χ4n) is 1.76. The zero-order valence-corrected chi connectivity index (χ0v) is 12.1. The standard InChI is InChI=1S/C14H17N3O2S/c1-17(11-2-4-12(18)5-3-11)14(19)8-10-9-20-13(16-10)6-7-15/h2-5,9,18H,6-8,15H2,1H3. The molecular weight excluding hydrogens is 274 g/mol. The van der Waals surface area contributed by atoms with Crippen LogP contribution in [0.25, 0.3) is 0 Å². The van der Waals surface area contributed by atoms with Gasteiger partial charge in [0.1, 0.15) is 5.75 Å². The van der Waals surface area contributed by atoms with Gasteiger partial charge >= 0.3 is 0 Å². The van der Waals surface area contributed by atoms with Gasteiger partial charge in [0, 0.05) is 24.5 Å². The van der Waals surface area contributed by atoms with Gasteiger partial charge in [-0.25, -0.2) is 4.98 Å². The molecule has 2 rings (SSSR count). The number of thiazole rings is 1. The first-order valence-corrected chi connectivity index (χ1v) is 7.17. The molecule has 1 amide bonds. The number of phenols is 1. The van der Waals surface area contributed by atoms with Crippen LogP contribution in [0, 0.1) is 0 Å². The normalized spacial score (nSPS) is 10.5. The van der Waals surface area contributed by atoms with Crippen molar-refractivity contribution in [2.24, 2.45) is 5.73 Å². The average molecular weight is 291 g/mol. The van der Waals surface area contributed by atoms with E-state index in [9.17, 15) is 9.90 Å². The summed E-state index contributed by atoms with van der Waals surface area (Å²) < 4.78 is 0. The molecule has 0 aliphatic carbocycles. The number of anilines is 1. The highest BCUT2D eigenvalue weighted by Crippen LogP contribution is 2.18. The van der Waals surface area contributed by atoms with E-state index in [1.54, 1.807) is 36.2 Å². The van der Waals surface area contributed by atoms with E-state index in [0.29, 0.717) is 6.54 Å². The van der Waals surface area contributed by atoms with Crippen LogP contribution in [0.3, 0.4) is 0 Å². The SMILES string of the molecule is CN(C(=O)Cc1csc(CCN)n1)c1ccc(O)cc1. The van der Waals surface area contributed by atoms with Crippen molar-refractivity contribution in [3.8, 4) is 5.75 Å². The van der Waals surface area contributed by atoms with E-state index in [0.717, 1.165) is 22.8 Å². The van der Waals surface area contributed by atoms with Crippen LogP contribution in [-0.2, 0) is 17.6 Å². The molecule has 0 spiro atoms. The Morgan fingerprint density at radius 1 is 1.40 bits per heavy atom. The summed E-state index contributed by atoms with van der Waals surface area (Å²) in [6, 6.07) is 6.52. The predicted octanol–water partition coefficient (Wildman–Crippen LogP) is 1.56. The van der Waals surface area contributed by atoms with Crippen molar-refractivity contribution in [1.82, 2.24) is 4.98 Å². The molecule has 1 heterocycles. The molecule has 0 unspecified atom stereocenters. The van der Waals surface area contributed by atoms with Crippen molar-refractivity contribution < 1.29 is 9.90 Å². The number of phenolic OH excluding ortho intramolecular Hbond substituents is 1. The highest BCUT2D eigenvalue weighted by atomic mass is 32.1. The number of benzene rings is 1. The molecule has 2 aromatic rings. The maximum atomic E-state index is 12.2. The first-order valence-electron chi connectivity index (χ1n) is 6.29. The Bertz CT molecular complexity index is 580. The third kappa shape index (κ3) is 3.55. The van der Waals surface area contributed by atoms with Crippen LogP contribution in [-0.4, -0.2) is 29.6 Å². The molecule has 20 heavy (non-hydrogen) atoms. The Labute approximate surface area is 121 Å². The quantitative estimate of drug-likeness (QED) is 0.876. The Hall–Kier alpha value is -1.92. The van der Waals surface area contributed by atoms with Crippen LogP contribution in [0.4, 0.5) is 5.69 Å². The van der Waals surface area contributed by atoms with Crippen LogP contribution < -0.4 is 10.6 Å². The lowest BCUT2D eigenvalue weighted by Gasteiger charge is -2.16. The Kier molecular flexibility index (Phi) is 4.70. The summed E-state index contributed by atoms with van der Waals surface area (Å²) in [6.07, 6.45) is 1.01. The van der Waals surface area contributed by atoms with E-state index in [1.165, 1.54) is 11.3 Å². The van der Waals surface area contributed by atoms with E-state index in [4.69, 9.17) is 5.73 Å². The Morgan fingerprint density at radius 3 is 2.75 bits per heavy atom. The van der Waals surface area contributed by atoms with E-state index >= 15 is 0 Å². The summed E-state index contributed by atoms with van der Waals surface area (Å²) in [6.45, 7) is 0.564. The monoisotopic (exact) mass is 291 g/mol. The number of nitrogens with zero attached hydrogens (tertiary/aromatic N) is 2. The van der Waals surface area contributed by atoms with Crippen LogP contribution in [0.2, 0.25) is 0 Å². The molecule has 0 bridgehead atoms. The largest absolute Gasteiger partial charge is 0.508 e. The molecule has 0 radical (unpaired) electrons. The topological polar surface area (TPSA) is 79.5 Å². The minimum Gasteiger partial charge on any atom is -0.508 e. The average Bonchev–Trinajstić information content (AvgIpc) is 2.86. The minimum atomic E-state index is -0.0414. The predicted molar refractivity (Wildman–Crippen MR) is 80.1 cm³/mol. The third-order valence-corrected chi connectivity index (χ3v) is 3.86. The van der Waals surface area contributed by atoms with Gasteiger partial charge < -0.3 is 15.7 Å². The lowest BCUT2D eigenvalue weighted by atomic mass is 10.2. The Balaban J connectivity index is 2.01. The summed E-state index contributed by atoms with van der Waals surface area (Å²) in [7, 11) is 1.71. The van der Waals surface area contributed by atoms with Gasteiger partial charge in [-0.05, 0) is 30.8 Å². The van der Waals surface area contributed by atoms with Gasteiger partial charge in [0.05, 0.1) is 17.1 Å². The summed E-state index contributed by atoms with van der Waals surface area (Å²) in [5.74, 6) is 0.140. The molecule has 3 N–H and O–H groups in total. The number of nitrogens with two attached hydrogens (primary N) is 1. The molecule has 5 nitrogen and oxygen atoms in total. The van der Waals surface area contributed by atoms with Crippen LogP contribution >= 0.6 is 11.3 Å². The van der Waals surface area contributed by atoms with Crippen molar-refractivity contribution in [2.45, 2.75) is 12.8 Å². The number of amides is 1. The summed E-state index contributed by atoms with van der Waals surface area (Å²) in [5, 5.41) is 12.1. The maximum absolute atomic E-state index is 12.2. The van der Waals surface area contributed by atoms with Crippen molar-refractivity contribution in [1.29, 1.82) is 0 Å². The first kappa shape index (κ1) is 14.5. The van der Waals surface area contributed by atoms with Crippen LogP contribution in [0.5, 0.6) is 5.75 Å². The Morgan fingerprint density at radius 2 is 2.10 bits per heavy atom. The lowest BCUT2D eigenvalue weighted by molar-refractivity contribution is -0.117. The molecule has 1 aromatic heterocycles. The number of aromatic nitrogens is 1. The van der Waals surface area contributed by atoms with E-state index < -0.39 is 0 Å². The van der Waals surface area contributed by atoms with Crippen LogP contribution in [0.1, 0.15) is 10.7 Å². The lowest BCUT2D eigenvalue weighted by Crippen LogP contribution is -2.27. The number of carbonyl (C=O) groups is 1. The van der Waals surface area contributed by atoms with Gasteiger partial charge in [0.2, 0.25) is 5.91 Å². The molecular formula is C14H17N3O2S. The second-order valence-corrected chi connectivity index (χ2v) is 5.36. The number of hydrogen-bond acceptors (Lipinski definition) is 5. The number of carbonyl (C=O) groups excluding carboxylic acids is 1. The summed E-state index contributed by atoms with van der Waals surface area (Å²) in [4.78, 5) is 18.1. The fourth-order valence-corrected chi connectivity index (χ4v) is 2.58. The van der Waals surface area contributed by atoms with E-state index in [2.05, 4.69) is 4.98 Å². The molecule has 0 fully saturated rings. The van der Waals surface area contributed by atoms with Gasteiger partial charge in [-0.1, -0.05) is 0 Å². The van der Waals surface area contributed by atoms with Crippen molar-refractivity contribution in [3.63, 3.8) is 0 Å². The van der Waals surface area contributed by atoms with Gasteiger partial charge in [0.25, 0.3) is 0 Å². The van der Waals surface area contributed by atoms with Crippen molar-refractivity contribution in [2.75, 3.05) is 18.5 Å². The number of likely N-dealkylation sites (N-methyl/N-ethyl adjacent to an activating group) is 1. The van der Waals surface area contributed by atoms with Gasteiger partial charge in [-0.3, -0.25) is 4.79 Å². The second-order valence-electron chi connectivity index (χ2n) is 4.42. The third-order valence-electron chi connectivity index (χ3n) is 2.90. The molecule has 106 valence electrons. The smallest absolute Gasteiger partial charge is 0.232 e. The molecule has 0 aliphatic rings. The molecule has 0 aliphatic heterocycles. The van der Waals surface area contributed by atoms with E-state index in [1.807, 2.05) is 5.38 Å².